The topological polar surface area (TPSA) is 70.7 Å². The van der Waals surface area contributed by atoms with E-state index < -0.39 is 0 Å². The molecule has 0 saturated carbocycles. The Morgan fingerprint density at radius 3 is 2.96 bits per heavy atom. The average Bonchev–Trinajstić information content (AvgIpc) is 3.41. The van der Waals surface area contributed by atoms with E-state index in [0.29, 0.717) is 12.2 Å². The number of amides is 1. The van der Waals surface area contributed by atoms with Crippen molar-refractivity contribution >= 4 is 28.6 Å². The lowest BCUT2D eigenvalue weighted by Crippen LogP contribution is -2.23. The quantitative estimate of drug-likeness (QED) is 0.556. The first-order valence-electron chi connectivity index (χ1n) is 7.64. The van der Waals surface area contributed by atoms with E-state index in [0.717, 1.165) is 27.4 Å². The van der Waals surface area contributed by atoms with Gasteiger partial charge in [-0.25, -0.2) is 0 Å². The lowest BCUT2D eigenvalue weighted by Gasteiger charge is -2.05. The predicted octanol–water partition coefficient (Wildman–Crippen LogP) is 4.19. The Balaban J connectivity index is 1.43. The Morgan fingerprint density at radius 1 is 1.20 bits per heavy atom. The van der Waals surface area contributed by atoms with Crippen molar-refractivity contribution in [3.8, 4) is 21.8 Å². The van der Waals surface area contributed by atoms with Gasteiger partial charge in [-0.05, 0) is 46.7 Å². The Labute approximate surface area is 152 Å². The average molecular weight is 366 g/mol. The van der Waals surface area contributed by atoms with E-state index in [-0.39, 0.29) is 5.91 Å². The van der Waals surface area contributed by atoms with Gasteiger partial charge in [0.15, 0.2) is 5.69 Å². The molecule has 2 N–H and O–H groups in total. The Bertz CT molecular complexity index is 974. The van der Waals surface area contributed by atoms with Crippen LogP contribution in [-0.4, -0.2) is 21.1 Å². The van der Waals surface area contributed by atoms with Crippen LogP contribution in [-0.2, 0) is 6.54 Å². The summed E-state index contributed by atoms with van der Waals surface area (Å²) in [6.07, 6.45) is 1.76. The summed E-state index contributed by atoms with van der Waals surface area (Å²) < 4.78 is 0. The molecule has 0 aliphatic carbocycles. The second-order valence-electron chi connectivity index (χ2n) is 5.39. The van der Waals surface area contributed by atoms with Crippen molar-refractivity contribution in [1.82, 2.24) is 20.5 Å². The largest absolute Gasteiger partial charge is 0.347 e. The molecule has 4 rings (SSSR count). The van der Waals surface area contributed by atoms with Crippen LogP contribution in [0.1, 0.15) is 16.1 Å². The Kier molecular flexibility index (Phi) is 4.41. The van der Waals surface area contributed by atoms with Crippen LogP contribution in [0.15, 0.2) is 58.7 Å². The lowest BCUT2D eigenvalue weighted by molar-refractivity contribution is 0.0946. The molecule has 0 fully saturated rings. The molecule has 5 nitrogen and oxygen atoms in total. The Morgan fingerprint density at radius 2 is 2.16 bits per heavy atom. The number of nitrogens with one attached hydrogen (secondary N) is 2. The van der Waals surface area contributed by atoms with Crippen LogP contribution in [0.2, 0.25) is 0 Å². The second kappa shape index (κ2) is 7.00. The molecule has 1 amide bonds. The summed E-state index contributed by atoms with van der Waals surface area (Å²) in [5.41, 5.74) is 4.23. The smallest absolute Gasteiger partial charge is 0.272 e. The van der Waals surface area contributed by atoms with Gasteiger partial charge in [-0.3, -0.25) is 14.9 Å². The first kappa shape index (κ1) is 15.7. The second-order valence-corrected chi connectivity index (χ2v) is 7.12. The summed E-state index contributed by atoms with van der Waals surface area (Å²) in [6, 6.07) is 11.6. The highest BCUT2D eigenvalue weighted by atomic mass is 32.1. The minimum Gasteiger partial charge on any atom is -0.347 e. The molecule has 0 atom stereocenters. The van der Waals surface area contributed by atoms with Gasteiger partial charge in [0.25, 0.3) is 5.91 Å². The van der Waals surface area contributed by atoms with Gasteiger partial charge in [0.2, 0.25) is 0 Å². The minimum absolute atomic E-state index is 0.201. The van der Waals surface area contributed by atoms with E-state index in [1.807, 2.05) is 41.1 Å². The van der Waals surface area contributed by atoms with Gasteiger partial charge >= 0.3 is 0 Å². The highest BCUT2D eigenvalue weighted by Gasteiger charge is 2.12. The summed E-state index contributed by atoms with van der Waals surface area (Å²) in [4.78, 5) is 17.7. The summed E-state index contributed by atoms with van der Waals surface area (Å²) >= 11 is 3.24. The van der Waals surface area contributed by atoms with Gasteiger partial charge in [-0.15, -0.1) is 11.3 Å². The van der Waals surface area contributed by atoms with E-state index >= 15 is 0 Å². The molecule has 0 aliphatic rings. The maximum atomic E-state index is 12.3. The van der Waals surface area contributed by atoms with Crippen molar-refractivity contribution in [2.75, 3.05) is 0 Å². The van der Waals surface area contributed by atoms with Crippen LogP contribution in [0, 0.1) is 0 Å². The predicted molar refractivity (Wildman–Crippen MR) is 101 cm³/mol. The molecule has 0 bridgehead atoms. The molecule has 7 heteroatoms. The van der Waals surface area contributed by atoms with Crippen molar-refractivity contribution in [2.24, 2.45) is 0 Å². The van der Waals surface area contributed by atoms with Crippen LogP contribution in [0.25, 0.3) is 21.8 Å². The third-order valence-electron chi connectivity index (χ3n) is 3.69. The van der Waals surface area contributed by atoms with Crippen LogP contribution >= 0.6 is 22.7 Å². The number of carbonyl (C=O) groups excluding carboxylic acids is 1. The fourth-order valence-corrected chi connectivity index (χ4v) is 3.76. The first-order valence-corrected chi connectivity index (χ1v) is 9.47. The zero-order valence-corrected chi connectivity index (χ0v) is 14.7. The van der Waals surface area contributed by atoms with Crippen LogP contribution in [0.4, 0.5) is 0 Å². The lowest BCUT2D eigenvalue weighted by atomic mass is 10.1. The van der Waals surface area contributed by atoms with E-state index in [2.05, 4.69) is 25.9 Å². The number of thiophene rings is 2. The zero-order valence-electron chi connectivity index (χ0n) is 13.1. The molecular weight excluding hydrogens is 352 g/mol. The molecule has 4 heterocycles. The van der Waals surface area contributed by atoms with Gasteiger partial charge < -0.3 is 5.32 Å². The Hall–Kier alpha value is -2.77. The van der Waals surface area contributed by atoms with Gasteiger partial charge in [0.05, 0.1) is 16.3 Å². The number of aromatic amines is 1. The van der Waals surface area contributed by atoms with Crippen LogP contribution in [0.3, 0.4) is 0 Å². The van der Waals surface area contributed by atoms with E-state index in [4.69, 9.17) is 0 Å². The molecule has 0 aromatic carbocycles. The fourth-order valence-electron chi connectivity index (χ4n) is 2.42. The van der Waals surface area contributed by atoms with Gasteiger partial charge in [0.1, 0.15) is 0 Å². The van der Waals surface area contributed by atoms with Crippen LogP contribution in [0.5, 0.6) is 0 Å². The number of pyridine rings is 1. The van der Waals surface area contributed by atoms with Gasteiger partial charge in [-0.2, -0.15) is 16.4 Å². The molecule has 124 valence electrons. The SMILES string of the molecule is O=C(NCc1ccnc(-c2ccsc2)c1)c1cc(-c2cccs2)[nH]n1. The highest BCUT2D eigenvalue weighted by molar-refractivity contribution is 7.13. The maximum Gasteiger partial charge on any atom is 0.272 e. The molecule has 0 unspecified atom stereocenters. The molecule has 0 aliphatic heterocycles. The van der Waals surface area contributed by atoms with Crippen LogP contribution < -0.4 is 5.32 Å². The minimum atomic E-state index is -0.201. The molecule has 25 heavy (non-hydrogen) atoms. The molecule has 4 aromatic heterocycles. The standard InChI is InChI=1S/C18H14N4OS2/c23-18(16-9-15(21-22-16)17-2-1-6-25-17)20-10-12-3-5-19-14(8-12)13-4-7-24-11-13/h1-9,11H,10H2,(H,20,23)(H,21,22). The summed E-state index contributed by atoms with van der Waals surface area (Å²) in [5, 5.41) is 16.0. The van der Waals surface area contributed by atoms with E-state index in [9.17, 15) is 4.79 Å². The number of aromatic nitrogens is 3. The molecule has 0 spiro atoms. The van der Waals surface area contributed by atoms with Crippen molar-refractivity contribution in [2.45, 2.75) is 6.54 Å². The van der Waals surface area contributed by atoms with Crippen molar-refractivity contribution < 1.29 is 4.79 Å². The number of hydrogen-bond acceptors (Lipinski definition) is 5. The van der Waals surface area contributed by atoms with E-state index in [1.54, 1.807) is 34.9 Å². The fraction of sp³-hybridized carbons (Fsp3) is 0.0556. The molecule has 0 saturated heterocycles. The molecular formula is C18H14N4OS2. The summed E-state index contributed by atoms with van der Waals surface area (Å²) in [7, 11) is 0. The summed E-state index contributed by atoms with van der Waals surface area (Å²) in [5.74, 6) is -0.201. The van der Waals surface area contributed by atoms with Crippen molar-refractivity contribution in [3.05, 3.63) is 70.0 Å². The van der Waals surface area contributed by atoms with E-state index in [1.165, 1.54) is 0 Å². The zero-order chi connectivity index (χ0) is 17.1. The van der Waals surface area contributed by atoms with Crippen molar-refractivity contribution in [3.63, 3.8) is 0 Å². The third kappa shape index (κ3) is 3.52. The van der Waals surface area contributed by atoms with Gasteiger partial charge in [0, 0.05) is 23.7 Å². The highest BCUT2D eigenvalue weighted by Crippen LogP contribution is 2.23. The monoisotopic (exact) mass is 366 g/mol. The molecule has 4 aromatic rings. The summed E-state index contributed by atoms with van der Waals surface area (Å²) in [6.45, 7) is 0.430. The number of carbonyl (C=O) groups is 1. The maximum absolute atomic E-state index is 12.3. The van der Waals surface area contributed by atoms with Gasteiger partial charge in [-0.1, -0.05) is 6.07 Å². The first-order chi connectivity index (χ1) is 12.3. The number of nitrogens with zero attached hydrogens (tertiary/aromatic N) is 2. The molecule has 0 radical (unpaired) electrons. The third-order valence-corrected chi connectivity index (χ3v) is 5.28. The normalized spacial score (nSPS) is 10.7. The van der Waals surface area contributed by atoms with Crippen molar-refractivity contribution in [1.29, 1.82) is 0 Å². The number of hydrogen-bond donors (Lipinski definition) is 2. The number of rotatable bonds is 5. The number of H-pyrrole nitrogens is 1.